The van der Waals surface area contributed by atoms with Crippen LogP contribution in [0.25, 0.3) is 0 Å². The van der Waals surface area contributed by atoms with E-state index in [4.69, 9.17) is 17.3 Å². The molecule has 5 nitrogen and oxygen atoms in total. The lowest BCUT2D eigenvalue weighted by Crippen LogP contribution is -2.29. The van der Waals surface area contributed by atoms with Gasteiger partial charge in [-0.25, -0.2) is 0 Å². The maximum Gasteiger partial charge on any atom is 0.250 e. The summed E-state index contributed by atoms with van der Waals surface area (Å²) in [7, 11) is 0. The van der Waals surface area contributed by atoms with E-state index in [1.54, 1.807) is 6.07 Å². The van der Waals surface area contributed by atoms with E-state index in [0.717, 1.165) is 12.8 Å². The molecule has 2 amide bonds. The van der Waals surface area contributed by atoms with E-state index in [9.17, 15) is 9.59 Å². The third-order valence-corrected chi connectivity index (χ3v) is 2.96. The molecule has 0 unspecified atom stereocenters. The van der Waals surface area contributed by atoms with Crippen LogP contribution in [0.3, 0.4) is 0 Å². The second-order valence-electron chi connectivity index (χ2n) is 4.26. The topological polar surface area (TPSA) is 84.2 Å². The van der Waals surface area contributed by atoms with Gasteiger partial charge in [0.2, 0.25) is 11.8 Å². The van der Waals surface area contributed by atoms with Crippen molar-refractivity contribution in [2.75, 3.05) is 11.9 Å². The zero-order valence-electron chi connectivity index (χ0n) is 9.70. The van der Waals surface area contributed by atoms with Gasteiger partial charge in [0.05, 0.1) is 17.1 Å². The minimum absolute atomic E-state index is 0.134. The summed E-state index contributed by atoms with van der Waals surface area (Å²) in [5.74, 6) is -0.724. The number of amides is 2. The average molecular weight is 268 g/mol. The maximum absolute atomic E-state index is 11.6. The van der Waals surface area contributed by atoms with Crippen molar-refractivity contribution in [3.8, 4) is 0 Å². The smallest absolute Gasteiger partial charge is 0.250 e. The molecule has 2 rings (SSSR count). The van der Waals surface area contributed by atoms with Crippen LogP contribution >= 0.6 is 11.6 Å². The zero-order valence-corrected chi connectivity index (χ0v) is 10.5. The number of carbonyl (C=O) groups is 2. The van der Waals surface area contributed by atoms with Crippen molar-refractivity contribution in [2.45, 2.75) is 18.9 Å². The zero-order chi connectivity index (χ0) is 13.1. The molecule has 1 aromatic rings. The molecule has 0 aromatic heterocycles. The molecule has 1 aliphatic rings. The molecule has 96 valence electrons. The lowest BCUT2D eigenvalue weighted by Gasteiger charge is -2.07. The first kappa shape index (κ1) is 12.9. The van der Waals surface area contributed by atoms with Crippen LogP contribution in [0.15, 0.2) is 18.2 Å². The van der Waals surface area contributed by atoms with E-state index in [0.29, 0.717) is 11.7 Å². The Morgan fingerprint density at radius 3 is 2.67 bits per heavy atom. The highest BCUT2D eigenvalue weighted by atomic mass is 35.5. The molecule has 0 spiro atoms. The van der Waals surface area contributed by atoms with Gasteiger partial charge in [-0.2, -0.15) is 0 Å². The van der Waals surface area contributed by atoms with Crippen molar-refractivity contribution < 1.29 is 9.59 Å². The van der Waals surface area contributed by atoms with E-state index in [2.05, 4.69) is 10.6 Å². The summed E-state index contributed by atoms with van der Waals surface area (Å²) in [4.78, 5) is 22.5. The molecule has 0 bridgehead atoms. The number of benzene rings is 1. The highest BCUT2D eigenvalue weighted by Gasteiger charge is 2.21. The number of rotatable bonds is 5. The molecule has 1 saturated carbocycles. The monoisotopic (exact) mass is 267 g/mol. The van der Waals surface area contributed by atoms with Gasteiger partial charge >= 0.3 is 0 Å². The summed E-state index contributed by atoms with van der Waals surface area (Å²) >= 11 is 5.88. The number of nitrogens with one attached hydrogen (secondary N) is 2. The van der Waals surface area contributed by atoms with Gasteiger partial charge in [-0.15, -0.1) is 0 Å². The minimum Gasteiger partial charge on any atom is -0.366 e. The maximum atomic E-state index is 11.6. The van der Waals surface area contributed by atoms with Crippen LogP contribution in [0.2, 0.25) is 5.02 Å². The summed E-state index contributed by atoms with van der Waals surface area (Å²) in [6.45, 7) is 0.278. The van der Waals surface area contributed by atoms with Crippen molar-refractivity contribution in [3.63, 3.8) is 0 Å². The molecule has 1 aromatic carbocycles. The van der Waals surface area contributed by atoms with Gasteiger partial charge in [0.1, 0.15) is 0 Å². The van der Waals surface area contributed by atoms with Gasteiger partial charge in [-0.05, 0) is 31.0 Å². The lowest BCUT2D eigenvalue weighted by molar-refractivity contribution is -0.115. The van der Waals surface area contributed by atoms with Gasteiger partial charge < -0.3 is 16.4 Å². The standard InChI is InChI=1S/C12H14ClN3O2/c13-10-5-8(3-4-9(10)12(14)18)16-11(17)6-15-7-1-2-7/h3-5,7,15H,1-2,6H2,(H2,14,18)(H,16,17). The summed E-state index contributed by atoms with van der Waals surface area (Å²) in [6, 6.07) is 5.09. The molecule has 1 fully saturated rings. The Kier molecular flexibility index (Phi) is 3.84. The summed E-state index contributed by atoms with van der Waals surface area (Å²) in [6.07, 6.45) is 2.26. The second-order valence-corrected chi connectivity index (χ2v) is 4.67. The van der Waals surface area contributed by atoms with Crippen LogP contribution in [0, 0.1) is 0 Å². The Labute approximate surface area is 110 Å². The molecule has 0 aliphatic heterocycles. The molecule has 0 radical (unpaired) electrons. The molecule has 0 atom stereocenters. The Bertz CT molecular complexity index is 486. The van der Waals surface area contributed by atoms with Gasteiger partial charge in [0.25, 0.3) is 0 Å². The van der Waals surface area contributed by atoms with Crippen molar-refractivity contribution in [1.82, 2.24) is 5.32 Å². The molecule has 1 aliphatic carbocycles. The van der Waals surface area contributed by atoms with Crippen LogP contribution in [-0.4, -0.2) is 24.4 Å². The van der Waals surface area contributed by atoms with Crippen LogP contribution in [-0.2, 0) is 4.79 Å². The van der Waals surface area contributed by atoms with E-state index < -0.39 is 5.91 Å². The SMILES string of the molecule is NC(=O)c1ccc(NC(=O)CNC2CC2)cc1Cl. The van der Waals surface area contributed by atoms with Crippen LogP contribution in [0.1, 0.15) is 23.2 Å². The number of hydrogen-bond donors (Lipinski definition) is 3. The summed E-state index contributed by atoms with van der Waals surface area (Å²) < 4.78 is 0. The Morgan fingerprint density at radius 2 is 2.11 bits per heavy atom. The van der Waals surface area contributed by atoms with E-state index >= 15 is 0 Å². The van der Waals surface area contributed by atoms with Crippen LogP contribution in [0.4, 0.5) is 5.69 Å². The fourth-order valence-corrected chi connectivity index (χ4v) is 1.80. The van der Waals surface area contributed by atoms with Gasteiger partial charge in [0, 0.05) is 11.7 Å². The Hall–Kier alpha value is -1.59. The van der Waals surface area contributed by atoms with E-state index in [-0.39, 0.29) is 23.0 Å². The third kappa shape index (κ3) is 3.45. The number of carbonyl (C=O) groups excluding carboxylic acids is 2. The van der Waals surface area contributed by atoms with E-state index in [1.807, 2.05) is 0 Å². The predicted octanol–water partition coefficient (Wildman–Crippen LogP) is 1.13. The lowest BCUT2D eigenvalue weighted by atomic mass is 10.2. The molecule has 0 heterocycles. The molecular weight excluding hydrogens is 254 g/mol. The van der Waals surface area contributed by atoms with Gasteiger partial charge in [-0.3, -0.25) is 9.59 Å². The first-order valence-electron chi connectivity index (χ1n) is 5.69. The normalized spacial score (nSPS) is 14.3. The average Bonchev–Trinajstić information content (AvgIpc) is 3.09. The molecule has 6 heteroatoms. The fourth-order valence-electron chi connectivity index (χ4n) is 1.52. The molecular formula is C12H14ClN3O2. The highest BCUT2D eigenvalue weighted by Crippen LogP contribution is 2.21. The largest absolute Gasteiger partial charge is 0.366 e. The van der Waals surface area contributed by atoms with Crippen molar-refractivity contribution >= 4 is 29.1 Å². The minimum atomic E-state index is -0.590. The Morgan fingerprint density at radius 1 is 1.39 bits per heavy atom. The third-order valence-electron chi connectivity index (χ3n) is 2.65. The predicted molar refractivity (Wildman–Crippen MR) is 69.6 cm³/mol. The quantitative estimate of drug-likeness (QED) is 0.748. The van der Waals surface area contributed by atoms with E-state index in [1.165, 1.54) is 12.1 Å². The van der Waals surface area contributed by atoms with Crippen molar-refractivity contribution in [1.29, 1.82) is 0 Å². The summed E-state index contributed by atoms with van der Waals surface area (Å²) in [5.41, 5.74) is 5.92. The summed E-state index contributed by atoms with van der Waals surface area (Å²) in [5, 5.41) is 6.03. The molecule has 4 N–H and O–H groups in total. The number of hydrogen-bond acceptors (Lipinski definition) is 3. The first-order chi connectivity index (χ1) is 8.56. The van der Waals surface area contributed by atoms with Crippen LogP contribution in [0.5, 0.6) is 0 Å². The van der Waals surface area contributed by atoms with Gasteiger partial charge in [-0.1, -0.05) is 11.6 Å². The second kappa shape index (κ2) is 5.37. The van der Waals surface area contributed by atoms with Crippen molar-refractivity contribution in [2.24, 2.45) is 5.73 Å². The molecule has 18 heavy (non-hydrogen) atoms. The fraction of sp³-hybridized carbons (Fsp3) is 0.333. The number of halogens is 1. The number of anilines is 1. The van der Waals surface area contributed by atoms with Crippen molar-refractivity contribution in [3.05, 3.63) is 28.8 Å². The highest BCUT2D eigenvalue weighted by molar-refractivity contribution is 6.34. The number of primary amides is 1. The first-order valence-corrected chi connectivity index (χ1v) is 6.06. The molecule has 0 saturated heterocycles. The Balaban J connectivity index is 1.94. The van der Waals surface area contributed by atoms with Crippen LogP contribution < -0.4 is 16.4 Å². The van der Waals surface area contributed by atoms with Gasteiger partial charge in [0.15, 0.2) is 0 Å². The number of nitrogens with two attached hydrogens (primary N) is 1.